The molecule has 0 saturated carbocycles. The van der Waals surface area contributed by atoms with Crippen LogP contribution in [-0.4, -0.2) is 55.0 Å². The largest absolute Gasteiger partial charge is 0.385 e. The molecule has 0 spiro atoms. The zero-order valence-electron chi connectivity index (χ0n) is 11.0. The Balaban J connectivity index is 3.45. The lowest BCUT2D eigenvalue weighted by molar-refractivity contribution is -0.120. The molecule has 0 aromatic carbocycles. The van der Waals surface area contributed by atoms with E-state index in [0.29, 0.717) is 25.4 Å². The van der Waals surface area contributed by atoms with Gasteiger partial charge < -0.3 is 15.4 Å². The number of carbonyl (C=O) groups excluding carboxylic acids is 1. The van der Waals surface area contributed by atoms with E-state index in [-0.39, 0.29) is 11.9 Å². The average Bonchev–Trinajstić information content (AvgIpc) is 2.29. The van der Waals surface area contributed by atoms with Crippen molar-refractivity contribution < 1.29 is 13.7 Å². The summed E-state index contributed by atoms with van der Waals surface area (Å²) in [6, 6.07) is 0.212. The first kappa shape index (κ1) is 16.5. The molecule has 0 aromatic heterocycles. The molecule has 0 saturated heterocycles. The molecule has 0 bridgehead atoms. The molecule has 17 heavy (non-hydrogen) atoms. The number of hydrogen-bond donors (Lipinski definition) is 2. The molecule has 0 aromatic rings. The van der Waals surface area contributed by atoms with Crippen LogP contribution < -0.4 is 10.6 Å². The first-order valence-electron chi connectivity index (χ1n) is 5.85. The van der Waals surface area contributed by atoms with Gasteiger partial charge in [-0.15, -0.1) is 0 Å². The van der Waals surface area contributed by atoms with Crippen LogP contribution >= 0.6 is 0 Å². The zero-order chi connectivity index (χ0) is 13.1. The van der Waals surface area contributed by atoms with Crippen LogP contribution in [0.3, 0.4) is 0 Å². The van der Waals surface area contributed by atoms with Gasteiger partial charge in [-0.05, 0) is 19.8 Å². The fraction of sp³-hybridized carbons (Fsp3) is 0.909. The van der Waals surface area contributed by atoms with Crippen molar-refractivity contribution in [3.05, 3.63) is 0 Å². The lowest BCUT2D eigenvalue weighted by atomic mass is 10.2. The van der Waals surface area contributed by atoms with Crippen molar-refractivity contribution in [3.8, 4) is 0 Å². The second kappa shape index (κ2) is 10.7. The summed E-state index contributed by atoms with van der Waals surface area (Å²) in [7, 11) is 0.880. The third-order valence-corrected chi connectivity index (χ3v) is 3.11. The summed E-state index contributed by atoms with van der Waals surface area (Å²) in [6.45, 7) is 3.60. The molecule has 0 rings (SSSR count). The molecule has 0 radical (unpaired) electrons. The Morgan fingerprint density at radius 2 is 2.18 bits per heavy atom. The normalized spacial score (nSPS) is 14.3. The first-order chi connectivity index (χ1) is 8.06. The Labute approximate surface area is 106 Å². The molecule has 5 nitrogen and oxygen atoms in total. The summed E-state index contributed by atoms with van der Waals surface area (Å²) in [5, 5.41) is 5.90. The molecule has 0 heterocycles. The Morgan fingerprint density at radius 3 is 2.76 bits per heavy atom. The van der Waals surface area contributed by atoms with E-state index in [1.165, 1.54) is 0 Å². The maximum atomic E-state index is 11.4. The summed E-state index contributed by atoms with van der Waals surface area (Å²) >= 11 is 0. The molecule has 0 aliphatic carbocycles. The van der Waals surface area contributed by atoms with Crippen molar-refractivity contribution in [2.75, 3.05) is 38.8 Å². The van der Waals surface area contributed by atoms with E-state index in [4.69, 9.17) is 4.74 Å². The summed E-state index contributed by atoms with van der Waals surface area (Å²) in [5.41, 5.74) is 0. The van der Waals surface area contributed by atoms with Crippen LogP contribution in [0, 0.1) is 0 Å². The van der Waals surface area contributed by atoms with Crippen molar-refractivity contribution in [2.45, 2.75) is 25.8 Å². The molecule has 2 unspecified atom stereocenters. The molecule has 0 aliphatic heterocycles. The Bertz CT molecular complexity index is 237. The van der Waals surface area contributed by atoms with Crippen LogP contribution in [0.15, 0.2) is 0 Å². The zero-order valence-corrected chi connectivity index (χ0v) is 11.8. The van der Waals surface area contributed by atoms with Gasteiger partial charge in [0.05, 0.1) is 6.54 Å². The van der Waals surface area contributed by atoms with Crippen LogP contribution in [0.25, 0.3) is 0 Å². The van der Waals surface area contributed by atoms with Gasteiger partial charge in [-0.1, -0.05) is 0 Å². The summed E-state index contributed by atoms with van der Waals surface area (Å²) < 4.78 is 15.8. The molecule has 0 fully saturated rings. The van der Waals surface area contributed by atoms with Crippen LogP contribution in [0.2, 0.25) is 0 Å². The second-order valence-corrected chi connectivity index (χ2v) is 5.60. The maximum Gasteiger partial charge on any atom is 0.233 e. The third-order valence-electron chi connectivity index (χ3n) is 2.30. The number of carbonyl (C=O) groups is 1. The van der Waals surface area contributed by atoms with Gasteiger partial charge in [-0.2, -0.15) is 0 Å². The summed E-state index contributed by atoms with van der Waals surface area (Å²) in [6.07, 6.45) is 3.34. The van der Waals surface area contributed by atoms with E-state index in [1.54, 1.807) is 13.4 Å². The fourth-order valence-corrected chi connectivity index (χ4v) is 1.90. The summed E-state index contributed by atoms with van der Waals surface area (Å²) in [5.74, 6) is 0.662. The topological polar surface area (TPSA) is 67.4 Å². The quantitative estimate of drug-likeness (QED) is 0.540. The highest BCUT2D eigenvalue weighted by Gasteiger charge is 2.05. The van der Waals surface area contributed by atoms with E-state index in [1.807, 2.05) is 6.92 Å². The molecule has 2 atom stereocenters. The highest BCUT2D eigenvalue weighted by Crippen LogP contribution is 1.91. The van der Waals surface area contributed by atoms with Gasteiger partial charge in [0.1, 0.15) is 0 Å². The molecule has 102 valence electrons. The lowest BCUT2D eigenvalue weighted by Crippen LogP contribution is -2.38. The van der Waals surface area contributed by atoms with Gasteiger partial charge in [-0.3, -0.25) is 9.00 Å². The number of hydrogen-bond acceptors (Lipinski definition) is 4. The molecule has 0 aliphatic rings. The monoisotopic (exact) mass is 264 g/mol. The van der Waals surface area contributed by atoms with Crippen molar-refractivity contribution in [3.63, 3.8) is 0 Å². The number of amides is 1. The molecule has 2 N–H and O–H groups in total. The van der Waals surface area contributed by atoms with Gasteiger partial charge in [0.25, 0.3) is 0 Å². The SMILES string of the molecule is COCCCNC(=O)CNC(C)CCS(C)=O. The van der Waals surface area contributed by atoms with E-state index in [2.05, 4.69) is 10.6 Å². The van der Waals surface area contributed by atoms with Crippen LogP contribution in [0.4, 0.5) is 0 Å². The van der Waals surface area contributed by atoms with Crippen LogP contribution in [0.1, 0.15) is 19.8 Å². The fourth-order valence-electron chi connectivity index (χ4n) is 1.22. The van der Waals surface area contributed by atoms with E-state index in [0.717, 1.165) is 12.8 Å². The Hall–Kier alpha value is -0.460. The van der Waals surface area contributed by atoms with Gasteiger partial charge in [0, 0.05) is 49.1 Å². The molecule has 1 amide bonds. The number of nitrogens with one attached hydrogen (secondary N) is 2. The molecular weight excluding hydrogens is 240 g/mol. The minimum absolute atomic E-state index is 0.00873. The Kier molecular flexibility index (Phi) is 10.4. The predicted octanol–water partition coefficient (Wildman–Crippen LogP) is -0.114. The van der Waals surface area contributed by atoms with E-state index < -0.39 is 10.8 Å². The van der Waals surface area contributed by atoms with Gasteiger partial charge in [0.15, 0.2) is 0 Å². The van der Waals surface area contributed by atoms with Crippen LogP contribution in [-0.2, 0) is 20.3 Å². The first-order valence-corrected chi connectivity index (χ1v) is 7.58. The van der Waals surface area contributed by atoms with Crippen molar-refractivity contribution in [2.24, 2.45) is 0 Å². The number of ether oxygens (including phenoxy) is 1. The van der Waals surface area contributed by atoms with Gasteiger partial charge in [-0.25, -0.2) is 0 Å². The summed E-state index contributed by atoms with van der Waals surface area (Å²) in [4.78, 5) is 11.4. The highest BCUT2D eigenvalue weighted by atomic mass is 32.2. The van der Waals surface area contributed by atoms with Gasteiger partial charge >= 0.3 is 0 Å². The lowest BCUT2D eigenvalue weighted by Gasteiger charge is -2.12. The smallest absolute Gasteiger partial charge is 0.233 e. The third kappa shape index (κ3) is 11.8. The molecule has 6 heteroatoms. The van der Waals surface area contributed by atoms with E-state index >= 15 is 0 Å². The van der Waals surface area contributed by atoms with Gasteiger partial charge in [0.2, 0.25) is 5.91 Å². The molecular formula is C11H24N2O3S. The standard InChI is InChI=1S/C11H24N2O3S/c1-10(5-8-17(3)15)13-9-11(14)12-6-4-7-16-2/h10,13H,4-9H2,1-3H3,(H,12,14). The highest BCUT2D eigenvalue weighted by molar-refractivity contribution is 7.84. The minimum atomic E-state index is -0.762. The maximum absolute atomic E-state index is 11.4. The predicted molar refractivity (Wildman–Crippen MR) is 70.5 cm³/mol. The van der Waals surface area contributed by atoms with E-state index in [9.17, 15) is 9.00 Å². The number of rotatable bonds is 10. The number of methoxy groups -OCH3 is 1. The van der Waals surface area contributed by atoms with Crippen molar-refractivity contribution >= 4 is 16.7 Å². The second-order valence-electron chi connectivity index (χ2n) is 4.04. The van der Waals surface area contributed by atoms with Crippen molar-refractivity contribution in [1.29, 1.82) is 0 Å². The van der Waals surface area contributed by atoms with Crippen molar-refractivity contribution in [1.82, 2.24) is 10.6 Å². The average molecular weight is 264 g/mol. The van der Waals surface area contributed by atoms with Crippen LogP contribution in [0.5, 0.6) is 0 Å². The minimum Gasteiger partial charge on any atom is -0.385 e. The Morgan fingerprint density at radius 1 is 1.47 bits per heavy atom.